The first-order valence-electron chi connectivity index (χ1n) is 20.9. The second-order valence-electron chi connectivity index (χ2n) is 17.6. The largest absolute Gasteiger partial charge is 0.506 e. The average molecular weight is 831 g/mol. The standard InChI is InChI=1S/C44H62O15/c1-9-23(2)40(48)59-35-17-29-28(44(49)15-13-27(24(3)45)43(35,44)5)11-10-25-16-26(12-14-42(25,29)4)56-36-18-31(50-6)33(21-53-36)57-37-19-32(51-7)34(22-54-37)58-41-38(47)39(52-8)30(46)20-55-41/h9-10,20-22,26-29,31-32,35-39,41,46-47,49H,11-19H2,1-8H3/b23-9+/t26-,27+,28?,29?,31+,32+,35+,36-,37-,38-,39?,41-,42-,43-,44-/m0/s1. The van der Waals surface area contributed by atoms with Gasteiger partial charge in [0.15, 0.2) is 29.5 Å². The first kappa shape index (κ1) is 43.5. The van der Waals surface area contributed by atoms with E-state index in [0.717, 1.165) is 19.1 Å². The van der Waals surface area contributed by atoms with Gasteiger partial charge in [-0.15, -0.1) is 0 Å². The molecule has 3 heterocycles. The molecule has 0 aromatic heterocycles. The fourth-order valence-electron chi connectivity index (χ4n) is 11.2. The summed E-state index contributed by atoms with van der Waals surface area (Å²) in [6, 6.07) is 0. The van der Waals surface area contributed by atoms with Crippen LogP contribution in [0.25, 0.3) is 0 Å². The summed E-state index contributed by atoms with van der Waals surface area (Å²) in [4.78, 5) is 26.3. The van der Waals surface area contributed by atoms with Gasteiger partial charge in [0, 0.05) is 44.7 Å². The predicted molar refractivity (Wildman–Crippen MR) is 208 cm³/mol. The van der Waals surface area contributed by atoms with E-state index in [0.29, 0.717) is 49.9 Å². The normalized spacial score (nSPS) is 43.1. The molecule has 0 aromatic rings. The van der Waals surface area contributed by atoms with Gasteiger partial charge in [-0.05, 0) is 83.0 Å². The summed E-state index contributed by atoms with van der Waals surface area (Å²) in [5.41, 5.74) is -0.483. The monoisotopic (exact) mass is 830 g/mol. The van der Waals surface area contributed by atoms with Crippen molar-refractivity contribution in [1.82, 2.24) is 0 Å². The maximum atomic E-state index is 13.2. The molecule has 0 radical (unpaired) electrons. The minimum atomic E-state index is -1.31. The average Bonchev–Trinajstić information content (AvgIpc) is 3.51. The van der Waals surface area contributed by atoms with E-state index in [1.54, 1.807) is 34.0 Å². The molecule has 15 heteroatoms. The molecular weight excluding hydrogens is 768 g/mol. The van der Waals surface area contributed by atoms with E-state index in [4.69, 9.17) is 47.4 Å². The number of allylic oxidation sites excluding steroid dienone is 2. The summed E-state index contributed by atoms with van der Waals surface area (Å²) >= 11 is 0. The van der Waals surface area contributed by atoms with E-state index in [1.807, 2.05) is 6.92 Å². The maximum absolute atomic E-state index is 13.2. The molecule has 3 aliphatic heterocycles. The molecule has 3 N–H and O–H groups in total. The van der Waals surface area contributed by atoms with E-state index in [2.05, 4.69) is 13.0 Å². The number of aliphatic hydroxyl groups is 3. The van der Waals surface area contributed by atoms with E-state index in [9.17, 15) is 24.9 Å². The van der Waals surface area contributed by atoms with E-state index in [-0.39, 0.29) is 53.0 Å². The quantitative estimate of drug-likeness (QED) is 0.127. The molecule has 4 aliphatic carbocycles. The molecule has 0 spiro atoms. The lowest BCUT2D eigenvalue weighted by Crippen LogP contribution is -2.66. The molecule has 15 atom stereocenters. The van der Waals surface area contributed by atoms with Crippen molar-refractivity contribution in [2.24, 2.45) is 28.6 Å². The van der Waals surface area contributed by atoms with Gasteiger partial charge in [0.05, 0.1) is 18.1 Å². The van der Waals surface area contributed by atoms with Gasteiger partial charge in [-0.25, -0.2) is 4.79 Å². The summed E-state index contributed by atoms with van der Waals surface area (Å²) in [5.74, 6) is -0.322. The van der Waals surface area contributed by atoms with Crippen LogP contribution in [0, 0.1) is 28.6 Å². The van der Waals surface area contributed by atoms with Gasteiger partial charge in [0.2, 0.25) is 12.6 Å². The Morgan fingerprint density at radius 1 is 0.864 bits per heavy atom. The molecule has 3 saturated carbocycles. The fourth-order valence-corrected chi connectivity index (χ4v) is 11.2. The van der Waals surface area contributed by atoms with Crippen molar-refractivity contribution in [3.8, 4) is 0 Å². The molecular formula is C44H62O15. The number of hydrogen-bond donors (Lipinski definition) is 3. The van der Waals surface area contributed by atoms with Gasteiger partial charge in [-0.2, -0.15) is 0 Å². The molecule has 7 aliphatic rings. The van der Waals surface area contributed by atoms with Gasteiger partial charge in [-0.3, -0.25) is 4.79 Å². The van der Waals surface area contributed by atoms with Gasteiger partial charge in [-0.1, -0.05) is 31.6 Å². The minimum absolute atomic E-state index is 0.0327. The third kappa shape index (κ3) is 7.69. The van der Waals surface area contributed by atoms with Gasteiger partial charge in [0.1, 0.15) is 42.9 Å². The molecule has 0 aromatic carbocycles. The van der Waals surface area contributed by atoms with Gasteiger partial charge in [0.25, 0.3) is 6.29 Å². The number of fused-ring (bicyclic) bond motifs is 5. The first-order valence-corrected chi connectivity index (χ1v) is 20.9. The molecule has 328 valence electrons. The molecule has 7 rings (SSSR count). The number of esters is 1. The summed E-state index contributed by atoms with van der Waals surface area (Å²) in [7, 11) is 4.46. The van der Waals surface area contributed by atoms with Crippen molar-refractivity contribution < 1.29 is 72.3 Å². The van der Waals surface area contributed by atoms with Crippen LogP contribution in [0.15, 0.2) is 59.4 Å². The van der Waals surface area contributed by atoms with Crippen molar-refractivity contribution in [3.05, 3.63) is 59.4 Å². The number of rotatable bonds is 12. The lowest BCUT2D eigenvalue weighted by Gasteiger charge is -2.63. The van der Waals surface area contributed by atoms with Gasteiger partial charge < -0.3 is 62.7 Å². The zero-order valence-electron chi connectivity index (χ0n) is 35.4. The first-order chi connectivity index (χ1) is 28.1. The van der Waals surface area contributed by atoms with E-state index < -0.39 is 66.4 Å². The Labute approximate surface area is 346 Å². The van der Waals surface area contributed by atoms with Crippen LogP contribution >= 0.6 is 0 Å². The number of aliphatic hydroxyl groups excluding tert-OH is 2. The third-order valence-electron chi connectivity index (χ3n) is 14.8. The Bertz CT molecular complexity index is 1750. The second-order valence-corrected chi connectivity index (χ2v) is 17.6. The highest BCUT2D eigenvalue weighted by Gasteiger charge is 2.71. The lowest BCUT2D eigenvalue weighted by atomic mass is 9.45. The van der Waals surface area contributed by atoms with Gasteiger partial charge >= 0.3 is 5.97 Å². The molecule has 0 bridgehead atoms. The summed E-state index contributed by atoms with van der Waals surface area (Å²) in [6.45, 7) is 9.40. The SMILES string of the molecule is C/C=C(\C)C(=O)O[C@@H]1CC2C(CC=C3C[C@@H](O[C@H]4C[C@@H](OC)C(O[C@H]5C[C@@H](OC)C(O[C@@H]6OC=C(O)C(OC)[C@@H]6O)=CO5)=CO4)CC[C@@]32C)[C@@]2(O)CC[C@H](C(C)=O)[C@@]12C. The van der Waals surface area contributed by atoms with Crippen LogP contribution < -0.4 is 0 Å². The van der Waals surface area contributed by atoms with Crippen molar-refractivity contribution in [2.75, 3.05) is 21.3 Å². The fraction of sp³-hybridized carbons (Fsp3) is 0.727. The van der Waals surface area contributed by atoms with E-state index >= 15 is 0 Å². The van der Waals surface area contributed by atoms with Crippen molar-refractivity contribution in [3.63, 3.8) is 0 Å². The highest BCUT2D eigenvalue weighted by molar-refractivity contribution is 5.88. The molecule has 0 saturated heterocycles. The van der Waals surface area contributed by atoms with Crippen LogP contribution in [-0.2, 0) is 57.0 Å². The zero-order chi connectivity index (χ0) is 42.4. The number of methoxy groups -OCH3 is 3. The summed E-state index contributed by atoms with van der Waals surface area (Å²) < 4.78 is 58.8. The highest BCUT2D eigenvalue weighted by atomic mass is 16.7. The van der Waals surface area contributed by atoms with Crippen LogP contribution in [0.5, 0.6) is 0 Å². The third-order valence-corrected chi connectivity index (χ3v) is 14.8. The number of ether oxygens (including phenoxy) is 10. The number of carbonyl (C=O) groups excluding carboxylic acids is 2. The second kappa shape index (κ2) is 17.0. The van der Waals surface area contributed by atoms with E-state index in [1.165, 1.54) is 32.3 Å². The van der Waals surface area contributed by atoms with Crippen molar-refractivity contribution in [1.29, 1.82) is 0 Å². The smallest absolute Gasteiger partial charge is 0.333 e. The predicted octanol–water partition coefficient (Wildman–Crippen LogP) is 5.51. The Morgan fingerprint density at radius 2 is 1.54 bits per heavy atom. The molecule has 59 heavy (non-hydrogen) atoms. The Hall–Kier alpha value is -3.60. The highest BCUT2D eigenvalue weighted by Crippen LogP contribution is 2.68. The van der Waals surface area contributed by atoms with Crippen LogP contribution in [-0.4, -0.2) is 109 Å². The molecule has 3 unspecified atom stereocenters. The van der Waals surface area contributed by atoms with Crippen LogP contribution in [0.1, 0.15) is 92.4 Å². The zero-order valence-corrected chi connectivity index (χ0v) is 35.4. The Kier molecular flexibility index (Phi) is 12.6. The summed E-state index contributed by atoms with van der Waals surface area (Å²) in [5, 5.41) is 33.2. The van der Waals surface area contributed by atoms with Crippen molar-refractivity contribution in [2.45, 2.75) is 154 Å². The molecule has 15 nitrogen and oxygen atoms in total. The summed E-state index contributed by atoms with van der Waals surface area (Å²) in [6.07, 6.45) is 6.56. The Morgan fingerprint density at radius 3 is 2.20 bits per heavy atom. The Balaban J connectivity index is 0.989. The van der Waals surface area contributed by atoms with Crippen molar-refractivity contribution >= 4 is 11.8 Å². The van der Waals surface area contributed by atoms with Crippen LogP contribution in [0.3, 0.4) is 0 Å². The lowest BCUT2D eigenvalue weighted by molar-refractivity contribution is -0.234. The number of ketones is 1. The number of Topliss-reactive ketones (excluding diaryl/α,β-unsaturated/α-hetero) is 1. The number of carbonyl (C=O) groups is 2. The molecule has 0 amide bonds. The topological polar surface area (TPSA) is 187 Å². The van der Waals surface area contributed by atoms with Crippen LogP contribution in [0.2, 0.25) is 0 Å². The minimum Gasteiger partial charge on any atom is -0.506 e. The maximum Gasteiger partial charge on any atom is 0.333 e. The molecule has 3 fully saturated rings. The number of hydrogen-bond acceptors (Lipinski definition) is 15. The van der Waals surface area contributed by atoms with Crippen LogP contribution in [0.4, 0.5) is 0 Å².